The van der Waals surface area contributed by atoms with E-state index in [1.807, 2.05) is 30.3 Å². The van der Waals surface area contributed by atoms with Crippen molar-refractivity contribution >= 4 is 45.5 Å². The van der Waals surface area contributed by atoms with Crippen LogP contribution in [0.2, 0.25) is 0 Å². The molecule has 0 aliphatic heterocycles. The molecule has 0 atom stereocenters. The first-order valence-corrected chi connectivity index (χ1v) is 9.18. The van der Waals surface area contributed by atoms with Crippen molar-refractivity contribution in [3.63, 3.8) is 0 Å². The van der Waals surface area contributed by atoms with Gasteiger partial charge in [0.25, 0.3) is 11.6 Å². The van der Waals surface area contributed by atoms with Gasteiger partial charge in [0, 0.05) is 17.4 Å². The summed E-state index contributed by atoms with van der Waals surface area (Å²) in [5, 5.41) is 21.8. The number of rotatable bonds is 6. The molecule has 8 nitrogen and oxygen atoms in total. The number of carbonyl (C=O) groups is 1. The third-order valence-corrected chi connectivity index (χ3v) is 5.36. The molecule has 0 aliphatic carbocycles. The molecule has 2 aromatic carbocycles. The van der Waals surface area contributed by atoms with Crippen LogP contribution in [-0.2, 0) is 5.75 Å². The number of nitrogens with zero attached hydrogens (tertiary/aromatic N) is 3. The summed E-state index contributed by atoms with van der Waals surface area (Å²) >= 11 is 2.75. The molecule has 0 bridgehead atoms. The molecule has 0 saturated heterocycles. The number of thioether (sulfide) groups is 1. The molecular weight excluding hydrogens is 374 g/mol. The average Bonchev–Trinajstić information content (AvgIpc) is 3.08. The fraction of sp³-hybridized carbons (Fsp3) is 0.0625. The van der Waals surface area contributed by atoms with Crippen LogP contribution in [0.4, 0.5) is 16.5 Å². The van der Waals surface area contributed by atoms with Crippen LogP contribution in [0.1, 0.15) is 15.9 Å². The van der Waals surface area contributed by atoms with E-state index < -0.39 is 10.8 Å². The molecule has 3 N–H and O–H groups in total. The maximum Gasteiger partial charge on any atom is 0.292 e. The third-order valence-electron chi connectivity index (χ3n) is 3.32. The van der Waals surface area contributed by atoms with Gasteiger partial charge in [0.15, 0.2) is 4.34 Å². The molecule has 3 aromatic rings. The van der Waals surface area contributed by atoms with Gasteiger partial charge < -0.3 is 5.73 Å². The zero-order chi connectivity index (χ0) is 18.5. The lowest BCUT2D eigenvalue weighted by atomic mass is 10.1. The molecule has 0 spiro atoms. The Morgan fingerprint density at radius 3 is 2.73 bits per heavy atom. The highest BCUT2D eigenvalue weighted by Crippen LogP contribution is 2.29. The van der Waals surface area contributed by atoms with Gasteiger partial charge in [0.05, 0.1) is 4.92 Å². The second kappa shape index (κ2) is 7.93. The van der Waals surface area contributed by atoms with Gasteiger partial charge in [-0.2, -0.15) is 0 Å². The van der Waals surface area contributed by atoms with E-state index in [1.54, 1.807) is 0 Å². The van der Waals surface area contributed by atoms with Crippen LogP contribution in [0.25, 0.3) is 0 Å². The third kappa shape index (κ3) is 4.35. The number of anilines is 2. The number of nitrogens with one attached hydrogen (secondary N) is 1. The lowest BCUT2D eigenvalue weighted by Crippen LogP contribution is -2.12. The molecule has 26 heavy (non-hydrogen) atoms. The van der Waals surface area contributed by atoms with Crippen LogP contribution in [0.15, 0.2) is 52.9 Å². The SMILES string of the molecule is Nc1ccc(C(=O)Nc2nnc(SCc3ccccc3)s2)cc1[N+](=O)[O-]. The van der Waals surface area contributed by atoms with Crippen molar-refractivity contribution in [1.82, 2.24) is 10.2 Å². The van der Waals surface area contributed by atoms with Crippen LogP contribution in [0, 0.1) is 10.1 Å². The summed E-state index contributed by atoms with van der Waals surface area (Å²) in [5.41, 5.74) is 6.51. The molecule has 1 heterocycles. The summed E-state index contributed by atoms with van der Waals surface area (Å²) in [7, 11) is 0. The topological polar surface area (TPSA) is 124 Å². The summed E-state index contributed by atoms with van der Waals surface area (Å²) in [4.78, 5) is 22.5. The van der Waals surface area contributed by atoms with Crippen LogP contribution in [0.3, 0.4) is 0 Å². The van der Waals surface area contributed by atoms with Gasteiger partial charge in [-0.25, -0.2) is 0 Å². The van der Waals surface area contributed by atoms with Crippen molar-refractivity contribution in [2.45, 2.75) is 10.1 Å². The number of nitrogen functional groups attached to an aromatic ring is 1. The Kier molecular flexibility index (Phi) is 5.44. The number of amides is 1. The summed E-state index contributed by atoms with van der Waals surface area (Å²) in [5.74, 6) is 0.233. The van der Waals surface area contributed by atoms with Crippen molar-refractivity contribution in [3.05, 3.63) is 69.8 Å². The summed E-state index contributed by atoms with van der Waals surface area (Å²) in [6, 6.07) is 13.8. The van der Waals surface area contributed by atoms with Gasteiger partial charge in [-0.05, 0) is 17.7 Å². The summed E-state index contributed by atoms with van der Waals surface area (Å²) < 4.78 is 0.715. The molecule has 0 aliphatic rings. The molecule has 0 saturated carbocycles. The smallest absolute Gasteiger partial charge is 0.292 e. The molecule has 0 radical (unpaired) electrons. The first-order valence-electron chi connectivity index (χ1n) is 7.38. The highest BCUT2D eigenvalue weighted by atomic mass is 32.2. The van der Waals surface area contributed by atoms with Crippen LogP contribution in [0.5, 0.6) is 0 Å². The number of nitrogens with two attached hydrogens (primary N) is 1. The Morgan fingerprint density at radius 2 is 2.00 bits per heavy atom. The Labute approximate surface area is 156 Å². The second-order valence-corrected chi connectivity index (χ2v) is 7.33. The Morgan fingerprint density at radius 1 is 1.23 bits per heavy atom. The van der Waals surface area contributed by atoms with Gasteiger partial charge in [-0.3, -0.25) is 20.2 Å². The number of aromatic nitrogens is 2. The molecule has 10 heteroatoms. The molecule has 0 fully saturated rings. The number of nitro groups is 1. The molecule has 1 amide bonds. The van der Waals surface area contributed by atoms with Gasteiger partial charge in [0.2, 0.25) is 5.13 Å². The number of hydrogen-bond donors (Lipinski definition) is 2. The predicted molar refractivity (Wildman–Crippen MR) is 101 cm³/mol. The first kappa shape index (κ1) is 17.8. The summed E-state index contributed by atoms with van der Waals surface area (Å²) in [6.45, 7) is 0. The Balaban J connectivity index is 1.64. The van der Waals surface area contributed by atoms with Crippen molar-refractivity contribution in [1.29, 1.82) is 0 Å². The lowest BCUT2D eigenvalue weighted by Gasteiger charge is -2.02. The maximum absolute atomic E-state index is 12.2. The van der Waals surface area contributed by atoms with E-state index in [4.69, 9.17) is 5.73 Å². The summed E-state index contributed by atoms with van der Waals surface area (Å²) in [6.07, 6.45) is 0. The van der Waals surface area contributed by atoms with E-state index in [0.29, 0.717) is 9.47 Å². The molecule has 3 rings (SSSR count). The van der Waals surface area contributed by atoms with Crippen molar-refractivity contribution in [2.75, 3.05) is 11.1 Å². The van der Waals surface area contributed by atoms with Crippen molar-refractivity contribution in [2.24, 2.45) is 0 Å². The standard InChI is InChI=1S/C16H13N5O3S2/c17-12-7-6-11(8-13(12)21(23)24)14(22)18-15-19-20-16(26-15)25-9-10-4-2-1-3-5-10/h1-8H,9,17H2,(H,18,19,22). The predicted octanol–water partition coefficient (Wildman–Crippen LogP) is 3.57. The average molecular weight is 387 g/mol. The fourth-order valence-corrected chi connectivity index (χ4v) is 3.75. The van der Waals surface area contributed by atoms with E-state index >= 15 is 0 Å². The normalized spacial score (nSPS) is 10.5. The van der Waals surface area contributed by atoms with Crippen LogP contribution in [-0.4, -0.2) is 21.0 Å². The number of benzene rings is 2. The van der Waals surface area contributed by atoms with E-state index in [0.717, 1.165) is 17.4 Å². The van der Waals surface area contributed by atoms with E-state index in [9.17, 15) is 14.9 Å². The number of carbonyl (C=O) groups excluding carboxylic acids is 1. The highest BCUT2D eigenvalue weighted by molar-refractivity contribution is 8.00. The van der Waals surface area contributed by atoms with Gasteiger partial charge in [-0.15, -0.1) is 10.2 Å². The molecule has 0 unspecified atom stereocenters. The van der Waals surface area contributed by atoms with E-state index in [-0.39, 0.29) is 16.9 Å². The Bertz CT molecular complexity index is 946. The molecular formula is C16H13N5O3S2. The van der Waals surface area contributed by atoms with Gasteiger partial charge >= 0.3 is 0 Å². The molecule has 132 valence electrons. The van der Waals surface area contributed by atoms with Crippen LogP contribution < -0.4 is 11.1 Å². The Hall–Kier alpha value is -2.98. The first-order chi connectivity index (χ1) is 12.5. The largest absolute Gasteiger partial charge is 0.393 e. The quantitative estimate of drug-likeness (QED) is 0.218. The van der Waals surface area contributed by atoms with E-state index in [1.165, 1.54) is 35.2 Å². The minimum absolute atomic E-state index is 0.00191. The van der Waals surface area contributed by atoms with Gasteiger partial charge in [-0.1, -0.05) is 53.4 Å². The van der Waals surface area contributed by atoms with Gasteiger partial charge in [0.1, 0.15) is 5.69 Å². The zero-order valence-corrected chi connectivity index (χ0v) is 14.9. The second-order valence-electron chi connectivity index (χ2n) is 5.13. The molecule has 1 aromatic heterocycles. The van der Waals surface area contributed by atoms with Crippen LogP contribution >= 0.6 is 23.1 Å². The lowest BCUT2D eigenvalue weighted by molar-refractivity contribution is -0.383. The monoisotopic (exact) mass is 387 g/mol. The highest BCUT2D eigenvalue weighted by Gasteiger charge is 2.17. The zero-order valence-electron chi connectivity index (χ0n) is 13.3. The minimum atomic E-state index is -0.630. The van der Waals surface area contributed by atoms with Crippen molar-refractivity contribution < 1.29 is 9.72 Å². The number of hydrogen-bond acceptors (Lipinski definition) is 8. The minimum Gasteiger partial charge on any atom is -0.393 e. The van der Waals surface area contributed by atoms with Crippen molar-refractivity contribution in [3.8, 4) is 0 Å². The fourth-order valence-electron chi connectivity index (χ4n) is 2.05. The maximum atomic E-state index is 12.2. The number of nitro benzene ring substituents is 1. The van der Waals surface area contributed by atoms with E-state index in [2.05, 4.69) is 15.5 Å².